The van der Waals surface area contributed by atoms with Crippen LogP contribution >= 0.6 is 0 Å². The number of unbranched alkanes of at least 4 members (excludes halogenated alkanes) is 2. The van der Waals surface area contributed by atoms with Gasteiger partial charge < -0.3 is 25.0 Å². The molecule has 2 N–H and O–H groups in total. The average Bonchev–Trinajstić information content (AvgIpc) is 2.93. The normalized spacial score (nSPS) is 13.8. The molecule has 0 aromatic heterocycles. The summed E-state index contributed by atoms with van der Waals surface area (Å²) in [5, 5.41) is 6.21. The van der Waals surface area contributed by atoms with Crippen molar-refractivity contribution >= 4 is 11.9 Å². The number of nitrogens with zero attached hydrogens (tertiary/aromatic N) is 1. The molecule has 7 heteroatoms. The van der Waals surface area contributed by atoms with Gasteiger partial charge in [-0.25, -0.2) is 4.79 Å². The van der Waals surface area contributed by atoms with Crippen LogP contribution in [0.2, 0.25) is 0 Å². The Labute approximate surface area is 248 Å². The molecule has 2 aromatic rings. The van der Waals surface area contributed by atoms with Gasteiger partial charge in [-0.05, 0) is 62.8 Å². The number of amides is 3. The Hall–Kier alpha value is -3.06. The summed E-state index contributed by atoms with van der Waals surface area (Å²) in [5.41, 5.74) is 1.83. The Kier molecular flexibility index (Phi) is 14.2. The summed E-state index contributed by atoms with van der Waals surface area (Å²) < 4.78 is 12.1. The van der Waals surface area contributed by atoms with Gasteiger partial charge in [-0.3, -0.25) is 4.79 Å². The quantitative estimate of drug-likeness (QED) is 0.216. The SMILES string of the molecule is CCCCCN(C)C(=O)NC(CC(C)C)C(=O)N[C@H](COC(C)(C)C)C(C)c1ccc(OCc2ccccc2)cc1. The van der Waals surface area contributed by atoms with Crippen molar-refractivity contribution < 1.29 is 19.1 Å². The summed E-state index contributed by atoms with van der Waals surface area (Å²) in [6, 6.07) is 17.0. The number of carbonyl (C=O) groups excluding carboxylic acids is 2. The largest absolute Gasteiger partial charge is 0.489 e. The molecule has 7 nitrogen and oxygen atoms in total. The molecule has 2 aromatic carbocycles. The molecule has 0 bridgehead atoms. The average molecular weight is 568 g/mol. The van der Waals surface area contributed by atoms with Gasteiger partial charge in [0, 0.05) is 19.5 Å². The van der Waals surface area contributed by atoms with Crippen molar-refractivity contribution in [1.29, 1.82) is 0 Å². The first-order chi connectivity index (χ1) is 19.4. The first-order valence-electron chi connectivity index (χ1n) is 15.1. The highest BCUT2D eigenvalue weighted by Gasteiger charge is 2.29. The molecule has 0 saturated carbocycles. The first kappa shape index (κ1) is 34.1. The lowest BCUT2D eigenvalue weighted by molar-refractivity contribution is -0.125. The standard InChI is InChI=1S/C34H53N3O4/c1-9-10-14-21-37(8)33(39)36-30(22-25(2)3)32(38)35-31(24-41-34(5,6)7)26(4)28-17-19-29(20-18-28)40-23-27-15-12-11-13-16-27/h11-13,15-20,25-26,30-31H,9-10,14,21-24H2,1-8H3,(H,35,38)(H,36,39)/t26?,30?,31-/m1/s1. The molecule has 0 aliphatic carbocycles. The van der Waals surface area contributed by atoms with Crippen LogP contribution in [0.25, 0.3) is 0 Å². The fraction of sp³-hybridized carbons (Fsp3) is 0.588. The third-order valence-electron chi connectivity index (χ3n) is 7.05. The summed E-state index contributed by atoms with van der Waals surface area (Å²) in [5.74, 6) is 0.809. The monoisotopic (exact) mass is 567 g/mol. The van der Waals surface area contributed by atoms with Gasteiger partial charge in [0.2, 0.25) is 5.91 Å². The summed E-state index contributed by atoms with van der Waals surface area (Å²) >= 11 is 0. The van der Waals surface area contributed by atoms with Gasteiger partial charge >= 0.3 is 6.03 Å². The zero-order valence-corrected chi connectivity index (χ0v) is 26.5. The van der Waals surface area contributed by atoms with Crippen molar-refractivity contribution in [2.24, 2.45) is 5.92 Å². The van der Waals surface area contributed by atoms with Gasteiger partial charge in [-0.15, -0.1) is 0 Å². The smallest absolute Gasteiger partial charge is 0.317 e. The lowest BCUT2D eigenvalue weighted by Crippen LogP contribution is -2.54. The van der Waals surface area contributed by atoms with Crippen LogP contribution in [0.3, 0.4) is 0 Å². The van der Waals surface area contributed by atoms with E-state index in [0.717, 1.165) is 36.1 Å². The molecule has 3 atom stereocenters. The fourth-order valence-electron chi connectivity index (χ4n) is 4.44. The maximum Gasteiger partial charge on any atom is 0.317 e. The Bertz CT molecular complexity index is 1030. The van der Waals surface area contributed by atoms with Crippen molar-refractivity contribution in [3.8, 4) is 5.75 Å². The predicted molar refractivity (Wildman–Crippen MR) is 167 cm³/mol. The van der Waals surface area contributed by atoms with Gasteiger partial charge in [-0.2, -0.15) is 0 Å². The van der Waals surface area contributed by atoms with E-state index >= 15 is 0 Å². The van der Waals surface area contributed by atoms with Crippen molar-refractivity contribution in [3.05, 3.63) is 65.7 Å². The van der Waals surface area contributed by atoms with Gasteiger partial charge in [0.05, 0.1) is 18.2 Å². The van der Waals surface area contributed by atoms with E-state index in [1.54, 1.807) is 11.9 Å². The van der Waals surface area contributed by atoms with Crippen LogP contribution in [0, 0.1) is 5.92 Å². The third kappa shape index (κ3) is 13.0. The Morgan fingerprint density at radius 1 is 0.927 bits per heavy atom. The predicted octanol–water partition coefficient (Wildman–Crippen LogP) is 6.92. The first-order valence-corrected chi connectivity index (χ1v) is 15.1. The molecule has 0 saturated heterocycles. The Balaban J connectivity index is 2.13. The number of ether oxygens (including phenoxy) is 2. The molecule has 0 aliphatic rings. The maximum absolute atomic E-state index is 13.6. The number of urea groups is 1. The van der Waals surface area contributed by atoms with E-state index in [1.165, 1.54) is 0 Å². The minimum atomic E-state index is -0.630. The van der Waals surface area contributed by atoms with Gasteiger partial charge in [0.15, 0.2) is 0 Å². The van der Waals surface area contributed by atoms with Crippen LogP contribution < -0.4 is 15.4 Å². The van der Waals surface area contributed by atoms with E-state index in [2.05, 4.69) is 38.3 Å². The summed E-state index contributed by atoms with van der Waals surface area (Å²) in [6.07, 6.45) is 3.66. The molecule has 41 heavy (non-hydrogen) atoms. The Morgan fingerprint density at radius 2 is 1.59 bits per heavy atom. The van der Waals surface area contributed by atoms with E-state index in [-0.39, 0.29) is 35.4 Å². The molecule has 2 rings (SSSR count). The number of nitrogens with one attached hydrogen (secondary N) is 2. The minimum Gasteiger partial charge on any atom is -0.489 e. The molecular weight excluding hydrogens is 514 g/mol. The zero-order valence-electron chi connectivity index (χ0n) is 26.5. The van der Waals surface area contributed by atoms with Crippen LogP contribution in [0.1, 0.15) is 91.2 Å². The van der Waals surface area contributed by atoms with Crippen LogP contribution in [0.4, 0.5) is 4.79 Å². The number of carbonyl (C=O) groups is 2. The van der Waals surface area contributed by atoms with E-state index in [1.807, 2.05) is 75.4 Å². The molecule has 0 heterocycles. The van der Waals surface area contributed by atoms with Crippen LogP contribution in [0.5, 0.6) is 5.75 Å². The zero-order chi connectivity index (χ0) is 30.4. The number of benzene rings is 2. The Morgan fingerprint density at radius 3 is 2.17 bits per heavy atom. The van der Waals surface area contributed by atoms with Crippen LogP contribution in [0.15, 0.2) is 54.6 Å². The van der Waals surface area contributed by atoms with Gasteiger partial charge in [0.25, 0.3) is 0 Å². The molecule has 228 valence electrons. The molecule has 0 fully saturated rings. The molecule has 0 spiro atoms. The topological polar surface area (TPSA) is 79.9 Å². The molecular formula is C34H53N3O4. The van der Waals surface area contributed by atoms with Gasteiger partial charge in [0.1, 0.15) is 18.4 Å². The highest BCUT2D eigenvalue weighted by molar-refractivity contribution is 5.87. The van der Waals surface area contributed by atoms with E-state index in [0.29, 0.717) is 26.2 Å². The van der Waals surface area contributed by atoms with Crippen molar-refractivity contribution in [3.63, 3.8) is 0 Å². The summed E-state index contributed by atoms with van der Waals surface area (Å²) in [6.45, 7) is 15.9. The number of hydrogen-bond acceptors (Lipinski definition) is 4. The fourth-order valence-corrected chi connectivity index (χ4v) is 4.44. The van der Waals surface area contributed by atoms with Crippen LogP contribution in [-0.2, 0) is 16.1 Å². The van der Waals surface area contributed by atoms with Crippen LogP contribution in [-0.4, -0.2) is 54.7 Å². The lowest BCUT2D eigenvalue weighted by Gasteiger charge is -2.31. The van der Waals surface area contributed by atoms with Crippen molar-refractivity contribution in [2.75, 3.05) is 20.2 Å². The molecule has 0 radical (unpaired) electrons. The molecule has 0 aliphatic heterocycles. The lowest BCUT2D eigenvalue weighted by atomic mass is 9.92. The molecule has 3 amide bonds. The van der Waals surface area contributed by atoms with E-state index in [4.69, 9.17) is 9.47 Å². The number of rotatable bonds is 16. The highest BCUT2D eigenvalue weighted by atomic mass is 16.5. The summed E-state index contributed by atoms with van der Waals surface area (Å²) in [7, 11) is 1.78. The second-order valence-corrected chi connectivity index (χ2v) is 12.4. The van der Waals surface area contributed by atoms with Crippen molar-refractivity contribution in [1.82, 2.24) is 15.5 Å². The summed E-state index contributed by atoms with van der Waals surface area (Å²) in [4.78, 5) is 28.2. The van der Waals surface area contributed by atoms with E-state index < -0.39 is 6.04 Å². The second kappa shape index (κ2) is 17.0. The third-order valence-corrected chi connectivity index (χ3v) is 7.05. The minimum absolute atomic E-state index is 0.0309. The molecule has 2 unspecified atom stereocenters. The number of hydrogen-bond donors (Lipinski definition) is 2. The second-order valence-electron chi connectivity index (χ2n) is 12.4. The van der Waals surface area contributed by atoms with Gasteiger partial charge in [-0.1, -0.05) is 83.0 Å². The highest BCUT2D eigenvalue weighted by Crippen LogP contribution is 2.24. The van der Waals surface area contributed by atoms with Crippen molar-refractivity contribution in [2.45, 2.75) is 104 Å². The maximum atomic E-state index is 13.6. The van der Waals surface area contributed by atoms with E-state index in [9.17, 15) is 9.59 Å².